The van der Waals surface area contributed by atoms with Gasteiger partial charge in [-0.05, 0) is 24.8 Å². The van der Waals surface area contributed by atoms with Gasteiger partial charge < -0.3 is 14.6 Å². The van der Waals surface area contributed by atoms with E-state index < -0.39 is 13.0 Å². The van der Waals surface area contributed by atoms with Gasteiger partial charge in [-0.1, -0.05) is 0 Å². The number of aromatic amines is 1. The number of nitrogens with zero attached hydrogens (tertiary/aromatic N) is 2. The van der Waals surface area contributed by atoms with E-state index in [0.29, 0.717) is 17.0 Å². The second kappa shape index (κ2) is 9.11. The van der Waals surface area contributed by atoms with Gasteiger partial charge in [-0.2, -0.15) is 0 Å². The predicted molar refractivity (Wildman–Crippen MR) is 103 cm³/mol. The fourth-order valence-electron chi connectivity index (χ4n) is 3.13. The number of alkyl halides is 2. The molecule has 0 aliphatic heterocycles. The first kappa shape index (κ1) is 20.2. The summed E-state index contributed by atoms with van der Waals surface area (Å²) in [5, 5.41) is 0.694. The van der Waals surface area contributed by atoms with E-state index in [1.807, 2.05) is 0 Å². The molecule has 27 heavy (non-hydrogen) atoms. The van der Waals surface area contributed by atoms with Crippen molar-refractivity contribution in [2.75, 3.05) is 32.6 Å². The number of ether oxygens (including phenoxy) is 1. The molecule has 0 aromatic carbocycles. The highest BCUT2D eigenvalue weighted by Gasteiger charge is 2.21. The molecule has 0 bridgehead atoms. The maximum atomic E-state index is 12.6. The molecule has 2 heterocycles. The van der Waals surface area contributed by atoms with Crippen molar-refractivity contribution in [1.29, 1.82) is 0 Å². The van der Waals surface area contributed by atoms with Crippen LogP contribution < -0.4 is 5.56 Å². The number of halogens is 2. The van der Waals surface area contributed by atoms with Crippen molar-refractivity contribution < 1.29 is 18.3 Å². The summed E-state index contributed by atoms with van der Waals surface area (Å²) in [7, 11) is 1.46. The fraction of sp³-hybridized carbons (Fsp3) is 0.588. The van der Waals surface area contributed by atoms with Gasteiger partial charge in [0.1, 0.15) is 10.7 Å². The molecule has 0 saturated heterocycles. The molecular formula is C17H21F2N3O3S2. The Labute approximate surface area is 163 Å². The van der Waals surface area contributed by atoms with Crippen molar-refractivity contribution >= 4 is 39.2 Å². The quantitative estimate of drug-likeness (QED) is 0.678. The zero-order valence-electron chi connectivity index (χ0n) is 14.9. The van der Waals surface area contributed by atoms with Crippen LogP contribution in [0.3, 0.4) is 0 Å². The molecule has 1 amide bonds. The predicted octanol–water partition coefficient (Wildman–Crippen LogP) is 2.45. The number of carbonyl (C=O) groups is 1. The van der Waals surface area contributed by atoms with Crippen LogP contribution in [0.25, 0.3) is 10.2 Å². The number of carbonyl (C=O) groups excluding carboxylic acids is 1. The maximum Gasteiger partial charge on any atom is 0.259 e. The van der Waals surface area contributed by atoms with Crippen molar-refractivity contribution in [2.24, 2.45) is 0 Å². The summed E-state index contributed by atoms with van der Waals surface area (Å²) in [6.45, 7) is -0.274. The topological polar surface area (TPSA) is 75.3 Å². The van der Waals surface area contributed by atoms with E-state index in [4.69, 9.17) is 4.74 Å². The lowest BCUT2D eigenvalue weighted by Crippen LogP contribution is -2.38. The maximum absolute atomic E-state index is 12.6. The monoisotopic (exact) mass is 417 g/mol. The molecule has 0 saturated carbocycles. The van der Waals surface area contributed by atoms with Crippen molar-refractivity contribution in [1.82, 2.24) is 14.9 Å². The second-order valence-electron chi connectivity index (χ2n) is 6.27. The molecule has 0 fully saturated rings. The minimum atomic E-state index is -2.59. The van der Waals surface area contributed by atoms with Gasteiger partial charge in [0.25, 0.3) is 12.0 Å². The van der Waals surface area contributed by atoms with Crippen molar-refractivity contribution in [3.05, 3.63) is 26.6 Å². The number of fused-ring (bicyclic) bond motifs is 3. The molecule has 10 heteroatoms. The van der Waals surface area contributed by atoms with Crippen LogP contribution in [0.15, 0.2) is 4.79 Å². The summed E-state index contributed by atoms with van der Waals surface area (Å²) >= 11 is 2.81. The van der Waals surface area contributed by atoms with Crippen LogP contribution >= 0.6 is 23.1 Å². The van der Waals surface area contributed by atoms with Crippen molar-refractivity contribution in [3.8, 4) is 0 Å². The highest BCUT2D eigenvalue weighted by atomic mass is 32.2. The Morgan fingerprint density at radius 2 is 2.26 bits per heavy atom. The lowest BCUT2D eigenvalue weighted by atomic mass is 10.2. The van der Waals surface area contributed by atoms with Gasteiger partial charge in [-0.15, -0.1) is 23.1 Å². The average molecular weight is 418 g/mol. The number of aryl methyl sites for hydroxylation is 2. The van der Waals surface area contributed by atoms with Crippen LogP contribution in [0.2, 0.25) is 0 Å². The zero-order chi connectivity index (χ0) is 19.4. The third-order valence-electron chi connectivity index (χ3n) is 4.36. The number of hydrogen-bond acceptors (Lipinski definition) is 6. The van der Waals surface area contributed by atoms with E-state index >= 15 is 0 Å². The van der Waals surface area contributed by atoms with E-state index in [9.17, 15) is 18.4 Å². The normalized spacial score (nSPS) is 13.5. The van der Waals surface area contributed by atoms with Gasteiger partial charge >= 0.3 is 0 Å². The number of nitrogens with one attached hydrogen (secondary N) is 1. The van der Waals surface area contributed by atoms with E-state index in [-0.39, 0.29) is 30.4 Å². The minimum Gasteiger partial charge on any atom is -0.383 e. The Bertz CT molecular complexity index is 869. The minimum absolute atomic E-state index is 0.0408. The Morgan fingerprint density at radius 3 is 3.00 bits per heavy atom. The number of hydrogen-bond donors (Lipinski definition) is 1. The third-order valence-corrected chi connectivity index (χ3v) is 6.48. The molecule has 148 valence electrons. The van der Waals surface area contributed by atoms with E-state index in [2.05, 4.69) is 9.97 Å². The standard InChI is InChI=1S/C17H21F2N3O3S2/c1-25-6-5-22(7-12(18)19)14(23)9-26-8-13-20-16(24)15-10-3-2-4-11(10)27-17(15)21-13/h12H,2-9H2,1H3,(H,20,21,24). The van der Waals surface area contributed by atoms with Gasteiger partial charge in [0.2, 0.25) is 5.91 Å². The van der Waals surface area contributed by atoms with Gasteiger partial charge in [-0.25, -0.2) is 13.8 Å². The van der Waals surface area contributed by atoms with Gasteiger partial charge in [-0.3, -0.25) is 9.59 Å². The Morgan fingerprint density at radius 1 is 1.44 bits per heavy atom. The van der Waals surface area contributed by atoms with Crippen molar-refractivity contribution in [2.45, 2.75) is 31.4 Å². The largest absolute Gasteiger partial charge is 0.383 e. The molecule has 1 aliphatic rings. The van der Waals surface area contributed by atoms with Crippen LogP contribution in [0, 0.1) is 0 Å². The summed E-state index contributed by atoms with van der Waals surface area (Å²) < 4.78 is 30.1. The Balaban J connectivity index is 1.61. The Kier molecular flexibility index (Phi) is 6.83. The third kappa shape index (κ3) is 4.85. The summed E-state index contributed by atoms with van der Waals surface area (Å²) in [5.74, 6) is 0.504. The first-order valence-electron chi connectivity index (χ1n) is 8.65. The van der Waals surface area contributed by atoms with Gasteiger partial charge in [0.15, 0.2) is 0 Å². The summed E-state index contributed by atoms with van der Waals surface area (Å²) in [5.41, 5.74) is 0.986. The van der Waals surface area contributed by atoms with Gasteiger partial charge in [0.05, 0.1) is 30.0 Å². The highest BCUT2D eigenvalue weighted by molar-refractivity contribution is 7.99. The number of methoxy groups -OCH3 is 1. The highest BCUT2D eigenvalue weighted by Crippen LogP contribution is 2.34. The number of amides is 1. The number of thioether (sulfide) groups is 1. The molecule has 1 aliphatic carbocycles. The van der Waals surface area contributed by atoms with Crippen LogP contribution in [0.4, 0.5) is 8.78 Å². The van der Waals surface area contributed by atoms with E-state index in [1.165, 1.54) is 23.7 Å². The average Bonchev–Trinajstić information content (AvgIpc) is 3.18. The van der Waals surface area contributed by atoms with E-state index in [0.717, 1.165) is 34.6 Å². The first-order valence-corrected chi connectivity index (χ1v) is 10.6. The molecule has 0 spiro atoms. The molecular weight excluding hydrogens is 396 g/mol. The van der Waals surface area contributed by atoms with Crippen molar-refractivity contribution in [3.63, 3.8) is 0 Å². The number of aromatic nitrogens is 2. The molecule has 1 N–H and O–H groups in total. The molecule has 3 rings (SSSR count). The molecule has 6 nitrogen and oxygen atoms in total. The molecule has 2 aromatic rings. The molecule has 0 unspecified atom stereocenters. The fourth-order valence-corrected chi connectivity index (χ4v) is 5.20. The second-order valence-corrected chi connectivity index (χ2v) is 8.34. The number of thiophene rings is 1. The zero-order valence-corrected chi connectivity index (χ0v) is 16.6. The lowest BCUT2D eigenvalue weighted by molar-refractivity contribution is -0.130. The van der Waals surface area contributed by atoms with Gasteiger partial charge in [0, 0.05) is 18.5 Å². The Hall–Kier alpha value is -1.52. The molecule has 2 aromatic heterocycles. The van der Waals surface area contributed by atoms with Crippen LogP contribution in [0.1, 0.15) is 22.7 Å². The van der Waals surface area contributed by atoms with E-state index in [1.54, 1.807) is 11.3 Å². The SMILES string of the molecule is COCCN(CC(F)F)C(=O)CSCc1nc2sc3c(c2c(=O)[nH]1)CCC3. The number of rotatable bonds is 9. The van der Waals surface area contributed by atoms with Crippen LogP contribution in [0.5, 0.6) is 0 Å². The molecule has 0 radical (unpaired) electrons. The lowest BCUT2D eigenvalue weighted by Gasteiger charge is -2.21. The smallest absolute Gasteiger partial charge is 0.259 e. The van der Waals surface area contributed by atoms with Crippen LogP contribution in [-0.2, 0) is 28.1 Å². The summed E-state index contributed by atoms with van der Waals surface area (Å²) in [6.07, 6.45) is 0.408. The summed E-state index contributed by atoms with van der Waals surface area (Å²) in [6, 6.07) is 0. The molecule has 0 atom stereocenters. The van der Waals surface area contributed by atoms with Crippen LogP contribution in [-0.4, -0.2) is 59.8 Å². The summed E-state index contributed by atoms with van der Waals surface area (Å²) in [4.78, 5) is 35.0. The first-order chi connectivity index (χ1) is 13.0. The number of H-pyrrole nitrogens is 1.